The highest BCUT2D eigenvalue weighted by atomic mass is 32.2. The number of nitrogens with zero attached hydrogens (tertiary/aromatic N) is 2. The molecule has 1 unspecified atom stereocenters. The van der Waals surface area contributed by atoms with Crippen LogP contribution in [0.25, 0.3) is 33.2 Å². The molecule has 12 nitrogen and oxygen atoms in total. The van der Waals surface area contributed by atoms with E-state index < -0.39 is 36.5 Å². The topological polar surface area (TPSA) is 183 Å². The molecule has 0 aliphatic carbocycles. The SMILES string of the molecule is CCC1=C(C)c2cc3[nH]c(cc4nc(c(C)c5cc(C)c(cc1n2)[nH]5)[C@@H](CCC(=O)OC)[C@@H]4C)c(C)c3C(C)OCCCS[C@@H]1O[C@H](CO)[C@@H](O)[C@H](O)[C@H]1O. The van der Waals surface area contributed by atoms with Gasteiger partial charge in [0.05, 0.1) is 31.2 Å². The van der Waals surface area contributed by atoms with E-state index in [0.29, 0.717) is 31.6 Å². The van der Waals surface area contributed by atoms with Crippen LogP contribution in [0.4, 0.5) is 0 Å². The number of nitrogens with one attached hydrogen (secondary N) is 2. The van der Waals surface area contributed by atoms with E-state index in [0.717, 1.165) is 79.1 Å². The largest absolute Gasteiger partial charge is 0.469 e. The normalized spacial score (nSPS) is 24.7. The van der Waals surface area contributed by atoms with Crippen LogP contribution in [0.3, 0.4) is 0 Å². The Labute approximate surface area is 326 Å². The third-order valence-electron chi connectivity index (χ3n) is 11.6. The Morgan fingerprint density at radius 3 is 2.36 bits per heavy atom. The summed E-state index contributed by atoms with van der Waals surface area (Å²) in [6.07, 6.45) is -2.86. The first-order valence-electron chi connectivity index (χ1n) is 19.3. The van der Waals surface area contributed by atoms with Gasteiger partial charge in [0.2, 0.25) is 0 Å². The number of allylic oxidation sites excluding steroid dienone is 2. The van der Waals surface area contributed by atoms with Crippen molar-refractivity contribution in [2.75, 3.05) is 26.1 Å². The quantitative estimate of drug-likeness (QED) is 0.0882. The number of H-pyrrole nitrogens is 2. The van der Waals surface area contributed by atoms with E-state index in [2.05, 4.69) is 75.8 Å². The summed E-state index contributed by atoms with van der Waals surface area (Å²) in [6, 6.07) is 8.56. The number of hydrogen-bond acceptors (Lipinski definition) is 11. The average Bonchev–Trinajstić information content (AvgIpc) is 3.87. The van der Waals surface area contributed by atoms with Crippen LogP contribution in [0.15, 0.2) is 24.3 Å². The Bertz CT molecular complexity index is 2090. The van der Waals surface area contributed by atoms with Crippen LogP contribution in [0.1, 0.15) is 116 Å². The molecule has 298 valence electrons. The van der Waals surface area contributed by atoms with Gasteiger partial charge in [-0.15, -0.1) is 11.8 Å². The summed E-state index contributed by atoms with van der Waals surface area (Å²) in [5.41, 5.74) is 13.4. The fourth-order valence-corrected chi connectivity index (χ4v) is 9.21. The number of ether oxygens (including phenoxy) is 3. The minimum Gasteiger partial charge on any atom is -0.469 e. The second kappa shape index (κ2) is 17.3. The van der Waals surface area contributed by atoms with Gasteiger partial charge in [-0.2, -0.15) is 0 Å². The molecule has 6 rings (SSSR count). The molecule has 3 aromatic heterocycles. The van der Waals surface area contributed by atoms with Crippen molar-refractivity contribution < 1.29 is 39.4 Å². The van der Waals surface area contributed by atoms with Crippen LogP contribution in [0.5, 0.6) is 0 Å². The first-order valence-corrected chi connectivity index (χ1v) is 20.3. The number of carbonyl (C=O) groups excluding carboxylic acids is 1. The maximum Gasteiger partial charge on any atom is 0.305 e. The molecule has 3 aromatic rings. The molecule has 6 N–H and O–H groups in total. The fourth-order valence-electron chi connectivity index (χ4n) is 8.12. The standard InChI is InChI=1S/C42H56N4O8S/c1-9-26-21(3)30-18-34-37(25(7)53-13-10-14-55-42-41(51)40(50)39(49)35(19-47)54-42)23(5)32(45-34)17-31-22(4)27(11-12-36(48)52-8)38(46-31)24(6)29-15-20(2)28(43-29)16-33(26)44-30/h15-18,22,25,27,35,39-43,45,47,49-51H,9-14,19H2,1-8H3/t22-,25?,27-,35+,39+,40-,41+,42-/m0/s1. The van der Waals surface area contributed by atoms with Crippen LogP contribution < -0.4 is 0 Å². The molecule has 55 heavy (non-hydrogen) atoms. The van der Waals surface area contributed by atoms with Gasteiger partial charge in [-0.25, -0.2) is 4.98 Å². The summed E-state index contributed by atoms with van der Waals surface area (Å²) < 4.78 is 17.1. The number of fused-ring (bicyclic) bond motifs is 8. The van der Waals surface area contributed by atoms with E-state index in [1.165, 1.54) is 24.4 Å². The Hall–Kier alpha value is -3.56. The van der Waals surface area contributed by atoms with Gasteiger partial charge in [0.1, 0.15) is 29.9 Å². The number of thioether (sulfide) groups is 1. The highest BCUT2D eigenvalue weighted by molar-refractivity contribution is 7.99. The van der Waals surface area contributed by atoms with Crippen LogP contribution in [-0.2, 0) is 19.0 Å². The monoisotopic (exact) mass is 776 g/mol. The molecule has 13 heteroatoms. The first-order chi connectivity index (χ1) is 26.3. The second-order valence-electron chi connectivity index (χ2n) is 15.0. The van der Waals surface area contributed by atoms with Gasteiger partial charge in [-0.1, -0.05) is 13.8 Å². The zero-order chi connectivity index (χ0) is 39.7. The summed E-state index contributed by atoms with van der Waals surface area (Å²) in [7, 11) is 1.43. The van der Waals surface area contributed by atoms with Gasteiger partial charge in [0, 0.05) is 63.9 Å². The molecule has 1 fully saturated rings. The van der Waals surface area contributed by atoms with Crippen LogP contribution in [0, 0.1) is 20.8 Å². The fraction of sp³-hybridized carbons (Fsp3) is 0.548. The number of methoxy groups -OCH3 is 1. The lowest BCUT2D eigenvalue weighted by Crippen LogP contribution is -2.57. The number of aliphatic hydroxyl groups is 4. The van der Waals surface area contributed by atoms with Crippen molar-refractivity contribution in [3.8, 4) is 0 Å². The van der Waals surface area contributed by atoms with E-state index in [1.54, 1.807) is 0 Å². The minimum atomic E-state index is -1.40. The van der Waals surface area contributed by atoms with Crippen molar-refractivity contribution >= 4 is 50.9 Å². The zero-order valence-electron chi connectivity index (χ0n) is 33.1. The van der Waals surface area contributed by atoms with Crippen LogP contribution >= 0.6 is 11.8 Å². The molecule has 0 radical (unpaired) electrons. The van der Waals surface area contributed by atoms with Crippen LogP contribution in [-0.4, -0.2) is 102 Å². The van der Waals surface area contributed by atoms with Crippen molar-refractivity contribution in [1.82, 2.24) is 19.9 Å². The van der Waals surface area contributed by atoms with E-state index in [4.69, 9.17) is 24.2 Å². The molecule has 0 aromatic carbocycles. The highest BCUT2D eigenvalue weighted by Gasteiger charge is 2.43. The summed E-state index contributed by atoms with van der Waals surface area (Å²) >= 11 is 1.32. The molecule has 8 bridgehead atoms. The Kier molecular flexibility index (Phi) is 12.9. The van der Waals surface area contributed by atoms with E-state index >= 15 is 0 Å². The third kappa shape index (κ3) is 8.30. The smallest absolute Gasteiger partial charge is 0.305 e. The molecule has 8 atom stereocenters. The van der Waals surface area contributed by atoms with E-state index in [1.807, 2.05) is 6.92 Å². The van der Waals surface area contributed by atoms with Gasteiger partial charge >= 0.3 is 5.97 Å². The lowest BCUT2D eigenvalue weighted by atomic mass is 9.86. The Morgan fingerprint density at radius 2 is 1.65 bits per heavy atom. The number of carbonyl (C=O) groups is 1. The highest BCUT2D eigenvalue weighted by Crippen LogP contribution is 2.42. The predicted molar refractivity (Wildman–Crippen MR) is 216 cm³/mol. The molecule has 3 aliphatic heterocycles. The molecule has 6 heterocycles. The summed E-state index contributed by atoms with van der Waals surface area (Å²) in [5, 5.41) is 40.3. The predicted octanol–water partition coefficient (Wildman–Crippen LogP) is 6.42. The van der Waals surface area contributed by atoms with Gasteiger partial charge in [0.15, 0.2) is 0 Å². The number of aromatic amines is 2. The van der Waals surface area contributed by atoms with Crippen molar-refractivity contribution in [2.45, 2.75) is 122 Å². The summed E-state index contributed by atoms with van der Waals surface area (Å²) in [4.78, 5) is 30.1. The number of esters is 1. The van der Waals surface area contributed by atoms with Crippen molar-refractivity contribution in [1.29, 1.82) is 0 Å². The first kappa shape index (κ1) is 41.1. The summed E-state index contributed by atoms with van der Waals surface area (Å²) in [5.74, 6) is 0.409. The number of aryl methyl sites for hydroxylation is 3. The minimum absolute atomic E-state index is 0.0224. The van der Waals surface area contributed by atoms with Crippen molar-refractivity contribution in [3.05, 3.63) is 69.3 Å². The maximum absolute atomic E-state index is 12.3. The van der Waals surface area contributed by atoms with E-state index in [9.17, 15) is 25.2 Å². The number of aromatic nitrogens is 4. The number of rotatable bonds is 12. The number of hydrogen-bond donors (Lipinski definition) is 6. The van der Waals surface area contributed by atoms with Gasteiger partial charge in [0.25, 0.3) is 0 Å². The van der Waals surface area contributed by atoms with Crippen molar-refractivity contribution in [3.63, 3.8) is 0 Å². The second-order valence-corrected chi connectivity index (χ2v) is 16.2. The molecule has 1 saturated heterocycles. The Balaban J connectivity index is 1.39. The summed E-state index contributed by atoms with van der Waals surface area (Å²) in [6.45, 7) is 14.8. The van der Waals surface area contributed by atoms with Gasteiger partial charge < -0.3 is 44.6 Å². The molecule has 0 saturated carbocycles. The molecule has 0 spiro atoms. The molecular weight excluding hydrogens is 721 g/mol. The number of aliphatic hydroxyl groups excluding tert-OH is 4. The maximum atomic E-state index is 12.3. The molecular formula is C42H56N4O8S. The van der Waals surface area contributed by atoms with Gasteiger partial charge in [-0.3, -0.25) is 9.78 Å². The average molecular weight is 777 g/mol. The third-order valence-corrected chi connectivity index (χ3v) is 12.8. The Morgan fingerprint density at radius 1 is 0.945 bits per heavy atom. The van der Waals surface area contributed by atoms with Crippen molar-refractivity contribution in [2.24, 2.45) is 0 Å². The molecule has 0 amide bonds. The van der Waals surface area contributed by atoms with E-state index in [-0.39, 0.29) is 23.9 Å². The van der Waals surface area contributed by atoms with Crippen LogP contribution in [0.2, 0.25) is 0 Å². The molecule has 3 aliphatic rings. The lowest BCUT2D eigenvalue weighted by molar-refractivity contribution is -0.205. The zero-order valence-corrected chi connectivity index (χ0v) is 33.9. The van der Waals surface area contributed by atoms with Gasteiger partial charge in [-0.05, 0) is 112 Å². The lowest BCUT2D eigenvalue weighted by Gasteiger charge is -2.39.